The summed E-state index contributed by atoms with van der Waals surface area (Å²) in [6.45, 7) is 1.43. The van der Waals surface area contributed by atoms with Crippen molar-refractivity contribution in [3.05, 3.63) is 48.2 Å². The van der Waals surface area contributed by atoms with Crippen LogP contribution in [0.5, 0.6) is 23.0 Å². The monoisotopic (exact) mass is 477 g/mol. The van der Waals surface area contributed by atoms with Gasteiger partial charge in [-0.1, -0.05) is 0 Å². The lowest BCUT2D eigenvalue weighted by Gasteiger charge is -2.15. The van der Waals surface area contributed by atoms with Crippen molar-refractivity contribution in [2.24, 2.45) is 0 Å². The highest BCUT2D eigenvalue weighted by Gasteiger charge is 2.21. The number of benzene rings is 2. The van der Waals surface area contributed by atoms with E-state index in [0.717, 1.165) is 0 Å². The number of carbonyl (C=O) groups is 1. The molecule has 0 aliphatic carbocycles. The highest BCUT2D eigenvalue weighted by Crippen LogP contribution is 2.38. The number of H-pyrrole nitrogens is 1. The van der Waals surface area contributed by atoms with Gasteiger partial charge in [-0.25, -0.2) is 14.3 Å². The van der Waals surface area contributed by atoms with Crippen LogP contribution in [0, 0.1) is 11.3 Å². The Bertz CT molecular complexity index is 1430. The molecule has 4 aromatic rings. The zero-order valence-electron chi connectivity index (χ0n) is 19.4. The number of nitrogens with one attached hydrogen (secondary N) is 2. The van der Waals surface area contributed by atoms with Crippen LogP contribution in [0.2, 0.25) is 0 Å². The number of methoxy groups -OCH3 is 3. The van der Waals surface area contributed by atoms with Crippen molar-refractivity contribution in [2.45, 2.75) is 13.0 Å². The van der Waals surface area contributed by atoms with E-state index in [-0.39, 0.29) is 5.75 Å². The lowest BCUT2D eigenvalue weighted by molar-refractivity contribution is -0.144. The number of nitriles is 1. The quantitative estimate of drug-likeness (QED) is 0.328. The summed E-state index contributed by atoms with van der Waals surface area (Å²) in [5, 5.41) is 25.0. The number of aromatic nitrogens is 3. The molecule has 11 heteroatoms. The van der Waals surface area contributed by atoms with E-state index in [1.807, 2.05) is 6.07 Å². The first-order chi connectivity index (χ1) is 16.9. The summed E-state index contributed by atoms with van der Waals surface area (Å²) in [5.74, 6) is 1.21. The van der Waals surface area contributed by atoms with Gasteiger partial charge in [0.25, 0.3) is 0 Å². The Balaban J connectivity index is 1.81. The van der Waals surface area contributed by atoms with Crippen LogP contribution < -0.4 is 24.3 Å². The molecule has 35 heavy (non-hydrogen) atoms. The van der Waals surface area contributed by atoms with Crippen molar-refractivity contribution in [1.29, 1.82) is 5.26 Å². The van der Waals surface area contributed by atoms with Crippen molar-refractivity contribution < 1.29 is 28.8 Å². The molecule has 2 heterocycles. The lowest BCUT2D eigenvalue weighted by Crippen LogP contribution is -2.23. The predicted molar refractivity (Wildman–Crippen MR) is 127 cm³/mol. The van der Waals surface area contributed by atoms with E-state index in [0.29, 0.717) is 51.2 Å². The second-order valence-corrected chi connectivity index (χ2v) is 7.43. The largest absolute Gasteiger partial charge is 0.493 e. The summed E-state index contributed by atoms with van der Waals surface area (Å²) in [6, 6.07) is 12.5. The van der Waals surface area contributed by atoms with Crippen molar-refractivity contribution in [2.75, 3.05) is 26.6 Å². The number of carboxylic acids is 1. The standard InChI is InChI=1S/C24H23N5O6/c1-13(24(30)31)35-18-7-5-14(9-19(18)33-3)21-23(29-22(28-21)15(11-25)12-26-29)27-16-6-8-17(32-2)20(10-16)34-4/h5-10,12-13,26-27H,1-4H3,(H,30,31). The topological polar surface area (TPSA) is 143 Å². The average molecular weight is 477 g/mol. The minimum absolute atomic E-state index is 0.281. The normalized spacial score (nSPS) is 11.5. The predicted octanol–water partition coefficient (Wildman–Crippen LogP) is 3.82. The van der Waals surface area contributed by atoms with Crippen LogP contribution in [0.3, 0.4) is 0 Å². The smallest absolute Gasteiger partial charge is 0.344 e. The molecule has 180 valence electrons. The Kier molecular flexibility index (Phi) is 6.37. The number of aliphatic carboxylic acids is 1. The maximum atomic E-state index is 11.2. The second kappa shape index (κ2) is 9.56. The van der Waals surface area contributed by atoms with Gasteiger partial charge in [0.1, 0.15) is 17.3 Å². The Hall–Kier alpha value is -4.85. The molecular weight excluding hydrogens is 454 g/mol. The molecule has 2 aromatic carbocycles. The third-order valence-electron chi connectivity index (χ3n) is 5.31. The van der Waals surface area contributed by atoms with E-state index in [1.54, 1.807) is 55.3 Å². The van der Waals surface area contributed by atoms with Crippen LogP contribution in [0.25, 0.3) is 16.9 Å². The van der Waals surface area contributed by atoms with Gasteiger partial charge in [0.2, 0.25) is 0 Å². The molecule has 0 bridgehead atoms. The molecule has 0 aliphatic heterocycles. The van der Waals surface area contributed by atoms with Gasteiger partial charge in [-0.3, -0.25) is 5.10 Å². The third-order valence-corrected chi connectivity index (χ3v) is 5.31. The van der Waals surface area contributed by atoms with Crippen LogP contribution in [0.15, 0.2) is 42.6 Å². The maximum Gasteiger partial charge on any atom is 0.344 e. The van der Waals surface area contributed by atoms with Crippen molar-refractivity contribution in [3.63, 3.8) is 0 Å². The number of hydrogen-bond acceptors (Lipinski definition) is 8. The average Bonchev–Trinajstić information content (AvgIpc) is 3.43. The molecular formula is C24H23N5O6. The van der Waals surface area contributed by atoms with Crippen molar-refractivity contribution in [1.82, 2.24) is 14.6 Å². The van der Waals surface area contributed by atoms with Crippen LogP contribution in [-0.4, -0.2) is 53.1 Å². The Morgan fingerprint density at radius 2 is 1.77 bits per heavy atom. The van der Waals surface area contributed by atoms with Gasteiger partial charge in [0.05, 0.1) is 21.3 Å². The summed E-state index contributed by atoms with van der Waals surface area (Å²) in [6.07, 6.45) is 0.512. The fraction of sp³-hybridized carbons (Fsp3) is 0.208. The third kappa shape index (κ3) is 4.37. The fourth-order valence-electron chi connectivity index (χ4n) is 3.52. The maximum absolute atomic E-state index is 11.2. The summed E-state index contributed by atoms with van der Waals surface area (Å²) in [5.41, 5.74) is 2.68. The summed E-state index contributed by atoms with van der Waals surface area (Å²) >= 11 is 0. The SMILES string of the molecule is COc1ccc(Nc2c(-c3ccc(OC(C)C(=O)O)c(OC)c3)nc3c(C#N)c[nH]n23)cc1OC. The number of ether oxygens (including phenoxy) is 4. The molecule has 0 amide bonds. The van der Waals surface area contributed by atoms with E-state index >= 15 is 0 Å². The Morgan fingerprint density at radius 3 is 2.43 bits per heavy atom. The number of rotatable bonds is 9. The van der Waals surface area contributed by atoms with E-state index < -0.39 is 12.1 Å². The first kappa shape index (κ1) is 23.3. The van der Waals surface area contributed by atoms with Gasteiger partial charge < -0.3 is 29.4 Å². The van der Waals surface area contributed by atoms with Crippen molar-refractivity contribution >= 4 is 23.1 Å². The molecule has 3 N–H and O–H groups in total. The van der Waals surface area contributed by atoms with Crippen LogP contribution >= 0.6 is 0 Å². The van der Waals surface area contributed by atoms with Crippen LogP contribution in [0.4, 0.5) is 11.5 Å². The minimum atomic E-state index is -1.09. The number of anilines is 2. The molecule has 0 spiro atoms. The molecule has 1 atom stereocenters. The first-order valence-electron chi connectivity index (χ1n) is 10.5. The van der Waals surface area contributed by atoms with E-state index in [2.05, 4.69) is 21.5 Å². The number of imidazole rings is 1. The Labute approximate surface area is 200 Å². The van der Waals surface area contributed by atoms with Gasteiger partial charge in [-0.2, -0.15) is 5.26 Å². The minimum Gasteiger partial charge on any atom is -0.493 e. The molecule has 11 nitrogen and oxygen atoms in total. The number of nitrogens with zero attached hydrogens (tertiary/aromatic N) is 3. The van der Waals surface area contributed by atoms with Gasteiger partial charge in [0.15, 0.2) is 40.6 Å². The van der Waals surface area contributed by atoms with Gasteiger partial charge in [-0.05, 0) is 37.3 Å². The molecule has 0 fully saturated rings. The van der Waals surface area contributed by atoms with Crippen LogP contribution in [0.1, 0.15) is 12.5 Å². The molecule has 1 unspecified atom stereocenters. The van der Waals surface area contributed by atoms with Crippen molar-refractivity contribution in [3.8, 4) is 40.3 Å². The highest BCUT2D eigenvalue weighted by atomic mass is 16.5. The van der Waals surface area contributed by atoms with Gasteiger partial charge >= 0.3 is 5.97 Å². The fourth-order valence-corrected chi connectivity index (χ4v) is 3.52. The number of fused-ring (bicyclic) bond motifs is 1. The van der Waals surface area contributed by atoms with E-state index in [4.69, 9.17) is 24.1 Å². The highest BCUT2D eigenvalue weighted by molar-refractivity contribution is 5.82. The first-order valence-corrected chi connectivity index (χ1v) is 10.5. The number of hydrogen-bond donors (Lipinski definition) is 3. The molecule has 0 radical (unpaired) electrons. The summed E-state index contributed by atoms with van der Waals surface area (Å²) in [7, 11) is 4.57. The number of carboxylic acid groups (broad SMARTS) is 1. The summed E-state index contributed by atoms with van der Waals surface area (Å²) in [4.78, 5) is 15.9. The molecule has 0 aliphatic rings. The van der Waals surface area contributed by atoms with Gasteiger partial charge in [0, 0.05) is 23.5 Å². The zero-order valence-corrected chi connectivity index (χ0v) is 19.4. The summed E-state index contributed by atoms with van der Waals surface area (Å²) < 4.78 is 23.3. The van der Waals surface area contributed by atoms with E-state index in [9.17, 15) is 10.1 Å². The lowest BCUT2D eigenvalue weighted by atomic mass is 10.1. The zero-order chi connectivity index (χ0) is 25.1. The van der Waals surface area contributed by atoms with Gasteiger partial charge in [-0.15, -0.1) is 0 Å². The molecule has 2 aromatic heterocycles. The number of aromatic amines is 1. The molecule has 0 saturated carbocycles. The van der Waals surface area contributed by atoms with E-state index in [1.165, 1.54) is 14.0 Å². The van der Waals surface area contributed by atoms with Crippen LogP contribution in [-0.2, 0) is 4.79 Å². The second-order valence-electron chi connectivity index (χ2n) is 7.43. The molecule has 4 rings (SSSR count). The Morgan fingerprint density at radius 1 is 1.09 bits per heavy atom. The molecule has 0 saturated heterocycles.